The fraction of sp³-hybridized carbons (Fsp3) is 0.571. The Labute approximate surface area is 118 Å². The lowest BCUT2D eigenvalue weighted by atomic mass is 10.2. The van der Waals surface area contributed by atoms with Crippen LogP contribution in [0.5, 0.6) is 0 Å². The molecule has 0 aliphatic heterocycles. The Morgan fingerprint density at radius 1 is 1.30 bits per heavy atom. The van der Waals surface area contributed by atoms with Crippen LogP contribution in [0.15, 0.2) is 18.2 Å². The molecule has 0 saturated carbocycles. The van der Waals surface area contributed by atoms with Gasteiger partial charge in [0.1, 0.15) is 5.69 Å². The van der Waals surface area contributed by atoms with Crippen LogP contribution in [0.2, 0.25) is 0 Å². The standard InChI is InChI=1S/C14H22FN3O2/c1-10(2)17(11(3)4)9-8-16-13-7-5-6-12(15)14(13)18(19)20/h5-7,10-11,16H,8-9H2,1-4H3. The minimum absolute atomic E-state index is 0.225. The van der Waals surface area contributed by atoms with Crippen LogP contribution in [0.3, 0.4) is 0 Å². The SMILES string of the molecule is CC(C)N(CCNc1cccc(F)c1[N+](=O)[O-])C(C)C. The zero-order valence-electron chi connectivity index (χ0n) is 12.4. The highest BCUT2D eigenvalue weighted by molar-refractivity contribution is 5.61. The van der Waals surface area contributed by atoms with Crippen molar-refractivity contribution < 1.29 is 9.31 Å². The van der Waals surface area contributed by atoms with Gasteiger partial charge in [0.2, 0.25) is 5.82 Å². The van der Waals surface area contributed by atoms with Gasteiger partial charge in [-0.05, 0) is 39.8 Å². The zero-order valence-corrected chi connectivity index (χ0v) is 12.4. The van der Waals surface area contributed by atoms with Crippen molar-refractivity contribution in [1.29, 1.82) is 0 Å². The van der Waals surface area contributed by atoms with E-state index < -0.39 is 16.4 Å². The molecule has 0 amide bonds. The van der Waals surface area contributed by atoms with E-state index in [9.17, 15) is 14.5 Å². The largest absolute Gasteiger partial charge is 0.378 e. The molecule has 0 aromatic heterocycles. The average molecular weight is 283 g/mol. The summed E-state index contributed by atoms with van der Waals surface area (Å²) in [5.74, 6) is -0.815. The van der Waals surface area contributed by atoms with Gasteiger partial charge < -0.3 is 5.32 Å². The van der Waals surface area contributed by atoms with E-state index in [-0.39, 0.29) is 5.69 Å². The molecular weight excluding hydrogens is 261 g/mol. The van der Waals surface area contributed by atoms with E-state index >= 15 is 0 Å². The first-order valence-electron chi connectivity index (χ1n) is 6.77. The van der Waals surface area contributed by atoms with Crippen LogP contribution >= 0.6 is 0 Å². The molecule has 1 N–H and O–H groups in total. The average Bonchev–Trinajstić information content (AvgIpc) is 2.33. The third-order valence-electron chi connectivity index (χ3n) is 3.18. The summed E-state index contributed by atoms with van der Waals surface area (Å²) in [6.45, 7) is 9.67. The summed E-state index contributed by atoms with van der Waals surface area (Å²) < 4.78 is 13.5. The lowest BCUT2D eigenvalue weighted by molar-refractivity contribution is -0.386. The van der Waals surface area contributed by atoms with Crippen LogP contribution in [0, 0.1) is 15.9 Å². The van der Waals surface area contributed by atoms with Gasteiger partial charge >= 0.3 is 5.69 Å². The van der Waals surface area contributed by atoms with Crippen molar-refractivity contribution in [3.63, 3.8) is 0 Å². The van der Waals surface area contributed by atoms with E-state index in [1.165, 1.54) is 12.1 Å². The molecule has 0 spiro atoms. The quantitative estimate of drug-likeness (QED) is 0.616. The molecule has 0 saturated heterocycles. The number of nitrogens with zero attached hydrogens (tertiary/aromatic N) is 2. The van der Waals surface area contributed by atoms with Crippen LogP contribution in [-0.4, -0.2) is 35.0 Å². The second-order valence-electron chi connectivity index (χ2n) is 5.25. The van der Waals surface area contributed by atoms with Gasteiger partial charge in [-0.15, -0.1) is 0 Å². The lowest BCUT2D eigenvalue weighted by Crippen LogP contribution is -2.40. The van der Waals surface area contributed by atoms with Gasteiger partial charge in [0.05, 0.1) is 4.92 Å². The highest BCUT2D eigenvalue weighted by Gasteiger charge is 2.20. The molecule has 0 aliphatic rings. The van der Waals surface area contributed by atoms with Gasteiger partial charge in [0.15, 0.2) is 0 Å². The first-order chi connectivity index (χ1) is 9.34. The number of nitrogens with one attached hydrogen (secondary N) is 1. The van der Waals surface area contributed by atoms with Crippen molar-refractivity contribution in [2.75, 3.05) is 18.4 Å². The molecule has 0 radical (unpaired) electrons. The zero-order chi connectivity index (χ0) is 15.3. The van der Waals surface area contributed by atoms with Crippen molar-refractivity contribution in [3.8, 4) is 0 Å². The number of halogens is 1. The molecule has 1 aromatic carbocycles. The van der Waals surface area contributed by atoms with E-state index in [2.05, 4.69) is 37.9 Å². The topological polar surface area (TPSA) is 58.4 Å². The molecule has 0 unspecified atom stereocenters. The van der Waals surface area contributed by atoms with E-state index in [1.807, 2.05) is 0 Å². The number of benzene rings is 1. The van der Waals surface area contributed by atoms with Gasteiger partial charge in [-0.2, -0.15) is 4.39 Å². The first kappa shape index (κ1) is 16.4. The predicted octanol–water partition coefficient (Wildman–Crippen LogP) is 3.26. The fourth-order valence-corrected chi connectivity index (χ4v) is 2.28. The Morgan fingerprint density at radius 2 is 1.90 bits per heavy atom. The third kappa shape index (κ3) is 4.16. The summed E-state index contributed by atoms with van der Waals surface area (Å²) in [6.07, 6.45) is 0. The smallest absolute Gasteiger partial charge is 0.327 e. The second-order valence-corrected chi connectivity index (χ2v) is 5.25. The Morgan fingerprint density at radius 3 is 2.40 bits per heavy atom. The maximum atomic E-state index is 13.5. The molecule has 0 aliphatic carbocycles. The Kier molecular flexibility index (Phi) is 5.88. The number of anilines is 1. The van der Waals surface area contributed by atoms with Gasteiger partial charge in [-0.1, -0.05) is 6.07 Å². The number of hydrogen-bond donors (Lipinski definition) is 1. The van der Waals surface area contributed by atoms with E-state index in [4.69, 9.17) is 0 Å². The minimum atomic E-state index is -0.815. The van der Waals surface area contributed by atoms with Crippen LogP contribution < -0.4 is 5.32 Å². The van der Waals surface area contributed by atoms with Crippen molar-refractivity contribution >= 4 is 11.4 Å². The van der Waals surface area contributed by atoms with Crippen LogP contribution in [0.25, 0.3) is 0 Å². The van der Waals surface area contributed by atoms with Crippen LogP contribution in [0.1, 0.15) is 27.7 Å². The fourth-order valence-electron chi connectivity index (χ4n) is 2.28. The summed E-state index contributed by atoms with van der Waals surface area (Å²) in [4.78, 5) is 12.4. The molecule has 0 atom stereocenters. The highest BCUT2D eigenvalue weighted by Crippen LogP contribution is 2.26. The Hall–Kier alpha value is -1.69. The summed E-state index contributed by atoms with van der Waals surface area (Å²) in [5, 5.41) is 13.8. The molecule has 112 valence electrons. The summed E-state index contributed by atoms with van der Waals surface area (Å²) >= 11 is 0. The summed E-state index contributed by atoms with van der Waals surface area (Å²) in [6, 6.07) is 4.86. The second kappa shape index (κ2) is 7.19. The van der Waals surface area contributed by atoms with Crippen molar-refractivity contribution in [3.05, 3.63) is 34.1 Å². The first-order valence-corrected chi connectivity index (χ1v) is 6.77. The van der Waals surface area contributed by atoms with Crippen LogP contribution in [0.4, 0.5) is 15.8 Å². The van der Waals surface area contributed by atoms with E-state index in [1.54, 1.807) is 0 Å². The lowest BCUT2D eigenvalue weighted by Gasteiger charge is -2.30. The molecule has 1 aromatic rings. The van der Waals surface area contributed by atoms with Crippen molar-refractivity contribution in [1.82, 2.24) is 4.90 Å². The number of para-hydroxylation sites is 1. The number of hydrogen-bond acceptors (Lipinski definition) is 4. The summed E-state index contributed by atoms with van der Waals surface area (Å²) in [5.41, 5.74) is -0.268. The van der Waals surface area contributed by atoms with Gasteiger partial charge in [-0.25, -0.2) is 0 Å². The van der Waals surface area contributed by atoms with Crippen molar-refractivity contribution in [2.24, 2.45) is 0 Å². The Balaban J connectivity index is 2.71. The molecule has 0 heterocycles. The maximum absolute atomic E-state index is 13.5. The van der Waals surface area contributed by atoms with Gasteiger partial charge in [0.25, 0.3) is 0 Å². The highest BCUT2D eigenvalue weighted by atomic mass is 19.1. The molecular formula is C14H22FN3O2. The molecule has 0 bridgehead atoms. The van der Waals surface area contributed by atoms with Gasteiger partial charge in [-0.3, -0.25) is 15.0 Å². The van der Waals surface area contributed by atoms with Crippen molar-refractivity contribution in [2.45, 2.75) is 39.8 Å². The predicted molar refractivity (Wildman–Crippen MR) is 78.5 cm³/mol. The van der Waals surface area contributed by atoms with E-state index in [0.717, 1.165) is 12.6 Å². The molecule has 1 rings (SSSR count). The summed E-state index contributed by atoms with van der Waals surface area (Å²) in [7, 11) is 0. The molecule has 0 fully saturated rings. The normalized spacial score (nSPS) is 11.4. The third-order valence-corrected chi connectivity index (χ3v) is 3.18. The molecule has 6 heteroatoms. The van der Waals surface area contributed by atoms with Crippen LogP contribution in [-0.2, 0) is 0 Å². The maximum Gasteiger partial charge on any atom is 0.327 e. The molecule has 5 nitrogen and oxygen atoms in total. The molecule has 20 heavy (non-hydrogen) atoms. The van der Waals surface area contributed by atoms with E-state index in [0.29, 0.717) is 18.6 Å². The number of nitro benzene ring substituents is 1. The Bertz CT molecular complexity index is 456. The number of nitro groups is 1. The number of rotatable bonds is 7. The van der Waals surface area contributed by atoms with Gasteiger partial charge in [0, 0.05) is 25.2 Å². The monoisotopic (exact) mass is 283 g/mol. The minimum Gasteiger partial charge on any atom is -0.378 e.